The zero-order valence-corrected chi connectivity index (χ0v) is 25.6. The van der Waals surface area contributed by atoms with Crippen LogP contribution in [0.15, 0.2) is 77.3 Å². The van der Waals surface area contributed by atoms with Gasteiger partial charge in [-0.15, -0.1) is 5.10 Å². The molecule has 15 heteroatoms. The molecule has 2 aromatic heterocycles. The molecule has 8 nitrogen and oxygen atoms in total. The number of carbonyl (C=O) groups excluding carboxylic acids is 1. The molecule has 0 bridgehead atoms. The Labute approximate surface area is 274 Å². The lowest BCUT2D eigenvalue weighted by molar-refractivity contribution is -0.169. The van der Waals surface area contributed by atoms with Crippen LogP contribution in [0.5, 0.6) is 0 Å². The fourth-order valence-electron chi connectivity index (χ4n) is 5.35. The summed E-state index contributed by atoms with van der Waals surface area (Å²) >= 11 is 6.38. The van der Waals surface area contributed by atoms with E-state index in [1.54, 1.807) is 42.5 Å². The molecule has 1 aliphatic rings. The van der Waals surface area contributed by atoms with Gasteiger partial charge in [0.15, 0.2) is 12.0 Å². The molecule has 5 aromatic rings. The predicted octanol–water partition coefficient (Wildman–Crippen LogP) is 8.61. The number of aromatic nitrogens is 4. The maximum absolute atomic E-state index is 14.1. The number of carbonyl (C=O) groups is 1. The van der Waals surface area contributed by atoms with Crippen molar-refractivity contribution in [2.75, 3.05) is 6.61 Å². The number of halogens is 7. The number of alkyl halides is 6. The molecule has 0 radical (unpaired) electrons. The second-order valence-electron chi connectivity index (χ2n) is 11.0. The molecule has 3 heterocycles. The second-order valence-corrected chi connectivity index (χ2v) is 11.4. The molecule has 250 valence electrons. The SMILES string of the molecule is O=C(c1ccccc1Cl)c1c(COC2CCCCO2)noc1-c1nnn(Cc2cc(C(F)(F)F)cc(C(F)(F)F)c2)c1-c1ccccc1. The van der Waals surface area contributed by atoms with E-state index in [9.17, 15) is 31.1 Å². The number of ketones is 1. The van der Waals surface area contributed by atoms with Crippen LogP contribution in [0.4, 0.5) is 26.3 Å². The summed E-state index contributed by atoms with van der Waals surface area (Å²) in [5, 5.41) is 12.6. The van der Waals surface area contributed by atoms with Gasteiger partial charge in [0.25, 0.3) is 0 Å². The first-order chi connectivity index (χ1) is 22.9. The van der Waals surface area contributed by atoms with Crippen molar-refractivity contribution in [2.24, 2.45) is 0 Å². The molecule has 0 aliphatic carbocycles. The standard InChI is InChI=1S/C33H25ClF6N4O4/c34-24-11-5-4-10-23(24)30(45)27-25(18-47-26-12-6-7-13-46-26)42-48-31(27)28-29(20-8-2-1-3-9-20)44(43-41-28)17-19-14-21(32(35,36)37)16-22(15-19)33(38,39)40/h1-5,8-11,14-16,26H,6-7,12-13,17-18H2. The smallest absolute Gasteiger partial charge is 0.353 e. The van der Waals surface area contributed by atoms with Gasteiger partial charge in [0.2, 0.25) is 11.5 Å². The van der Waals surface area contributed by atoms with Gasteiger partial charge in [-0.25, -0.2) is 4.68 Å². The zero-order chi connectivity index (χ0) is 34.1. The number of nitrogens with zero attached hydrogens (tertiary/aromatic N) is 4. The summed E-state index contributed by atoms with van der Waals surface area (Å²) in [5.74, 6) is -0.727. The van der Waals surface area contributed by atoms with Crippen molar-refractivity contribution in [1.29, 1.82) is 0 Å². The average molecular weight is 691 g/mol. The largest absolute Gasteiger partial charge is 0.416 e. The third kappa shape index (κ3) is 7.15. The van der Waals surface area contributed by atoms with Gasteiger partial charge in [0.05, 0.1) is 34.9 Å². The maximum atomic E-state index is 14.1. The molecule has 0 N–H and O–H groups in total. The number of benzene rings is 3. The first-order valence-electron chi connectivity index (χ1n) is 14.7. The molecule has 48 heavy (non-hydrogen) atoms. The maximum Gasteiger partial charge on any atom is 0.416 e. The summed E-state index contributed by atoms with van der Waals surface area (Å²) in [6.07, 6.45) is -8.20. The fourth-order valence-corrected chi connectivity index (χ4v) is 5.58. The van der Waals surface area contributed by atoms with E-state index >= 15 is 0 Å². The molecule has 1 saturated heterocycles. The van der Waals surface area contributed by atoms with Crippen LogP contribution in [-0.4, -0.2) is 38.8 Å². The summed E-state index contributed by atoms with van der Waals surface area (Å²) in [4.78, 5) is 14.1. The monoisotopic (exact) mass is 690 g/mol. The average Bonchev–Trinajstić information content (AvgIpc) is 3.67. The minimum Gasteiger partial charge on any atom is -0.353 e. The molecular formula is C33H25ClF6N4O4. The van der Waals surface area contributed by atoms with E-state index in [0.717, 1.165) is 17.5 Å². The Morgan fingerprint density at radius 1 is 0.938 bits per heavy atom. The van der Waals surface area contributed by atoms with Crippen molar-refractivity contribution in [3.05, 3.63) is 111 Å². The summed E-state index contributed by atoms with van der Waals surface area (Å²) in [6, 6.07) is 15.9. The van der Waals surface area contributed by atoms with Crippen LogP contribution in [0, 0.1) is 0 Å². The summed E-state index contributed by atoms with van der Waals surface area (Å²) in [6.45, 7) is -0.208. The molecule has 0 saturated carbocycles. The first-order valence-corrected chi connectivity index (χ1v) is 15.1. The molecule has 1 aliphatic heterocycles. The number of hydrogen-bond donors (Lipinski definition) is 0. The lowest BCUT2D eigenvalue weighted by Crippen LogP contribution is -2.22. The van der Waals surface area contributed by atoms with Crippen molar-refractivity contribution in [3.63, 3.8) is 0 Å². The van der Waals surface area contributed by atoms with Crippen molar-refractivity contribution < 1.29 is 45.1 Å². The molecule has 0 amide bonds. The van der Waals surface area contributed by atoms with Crippen LogP contribution < -0.4 is 0 Å². The number of ether oxygens (including phenoxy) is 2. The Kier molecular flexibility index (Phi) is 9.41. The Morgan fingerprint density at radius 2 is 1.62 bits per heavy atom. The Bertz CT molecular complexity index is 1890. The quantitative estimate of drug-likeness (QED) is 0.113. The topological polar surface area (TPSA) is 92.3 Å². The van der Waals surface area contributed by atoms with Crippen LogP contribution in [0.3, 0.4) is 0 Å². The molecule has 1 atom stereocenters. The summed E-state index contributed by atoms with van der Waals surface area (Å²) in [7, 11) is 0. The minimum absolute atomic E-state index is 0.0349. The van der Waals surface area contributed by atoms with E-state index < -0.39 is 42.1 Å². The highest BCUT2D eigenvalue weighted by Gasteiger charge is 2.37. The van der Waals surface area contributed by atoms with Gasteiger partial charge >= 0.3 is 12.4 Å². The van der Waals surface area contributed by atoms with E-state index in [-0.39, 0.29) is 57.2 Å². The van der Waals surface area contributed by atoms with Crippen molar-refractivity contribution >= 4 is 17.4 Å². The normalized spacial score (nSPS) is 15.5. The van der Waals surface area contributed by atoms with Gasteiger partial charge in [0, 0.05) is 17.7 Å². The lowest BCUT2D eigenvalue weighted by atomic mass is 9.98. The van der Waals surface area contributed by atoms with Gasteiger partial charge in [-0.2, -0.15) is 26.3 Å². The van der Waals surface area contributed by atoms with E-state index in [0.29, 0.717) is 30.7 Å². The highest BCUT2D eigenvalue weighted by Crippen LogP contribution is 2.39. The van der Waals surface area contributed by atoms with Crippen molar-refractivity contribution in [3.8, 4) is 22.7 Å². The van der Waals surface area contributed by atoms with Crippen LogP contribution in [0.1, 0.15) is 57.6 Å². The second kappa shape index (κ2) is 13.5. The van der Waals surface area contributed by atoms with Gasteiger partial charge in [-0.3, -0.25) is 4.79 Å². The van der Waals surface area contributed by atoms with Gasteiger partial charge in [-0.05, 0) is 55.2 Å². The van der Waals surface area contributed by atoms with E-state index in [1.807, 2.05) is 0 Å². The predicted molar refractivity (Wildman–Crippen MR) is 160 cm³/mol. The van der Waals surface area contributed by atoms with Crippen LogP contribution in [0.25, 0.3) is 22.7 Å². The van der Waals surface area contributed by atoms with Gasteiger partial charge < -0.3 is 14.0 Å². The molecule has 0 spiro atoms. The van der Waals surface area contributed by atoms with E-state index in [2.05, 4.69) is 15.5 Å². The zero-order valence-electron chi connectivity index (χ0n) is 24.8. The van der Waals surface area contributed by atoms with Crippen molar-refractivity contribution in [1.82, 2.24) is 20.2 Å². The van der Waals surface area contributed by atoms with Crippen LogP contribution in [0.2, 0.25) is 5.02 Å². The fraction of sp³-hybridized carbons (Fsp3) is 0.273. The van der Waals surface area contributed by atoms with Gasteiger partial charge in [-0.1, -0.05) is 64.4 Å². The molecular weight excluding hydrogens is 666 g/mol. The van der Waals surface area contributed by atoms with E-state index in [1.165, 1.54) is 12.1 Å². The Morgan fingerprint density at radius 3 is 2.27 bits per heavy atom. The van der Waals surface area contributed by atoms with Crippen molar-refractivity contribution in [2.45, 2.75) is 51.1 Å². The Balaban J connectivity index is 1.48. The number of hydrogen-bond acceptors (Lipinski definition) is 7. The highest BCUT2D eigenvalue weighted by atomic mass is 35.5. The first kappa shape index (κ1) is 33.4. The highest BCUT2D eigenvalue weighted by molar-refractivity contribution is 6.35. The third-order valence-electron chi connectivity index (χ3n) is 7.63. The number of rotatable bonds is 9. The lowest BCUT2D eigenvalue weighted by Gasteiger charge is -2.22. The third-order valence-corrected chi connectivity index (χ3v) is 7.96. The molecule has 6 rings (SSSR count). The molecule has 3 aromatic carbocycles. The summed E-state index contributed by atoms with van der Waals surface area (Å²) in [5.41, 5.74) is -2.56. The summed E-state index contributed by atoms with van der Waals surface area (Å²) < 4.78 is 100. The van der Waals surface area contributed by atoms with E-state index in [4.69, 9.17) is 25.6 Å². The Hall–Kier alpha value is -4.53. The minimum atomic E-state index is -5.04. The molecule has 1 unspecified atom stereocenters. The van der Waals surface area contributed by atoms with Gasteiger partial charge in [0.1, 0.15) is 11.4 Å². The van der Waals surface area contributed by atoms with Crippen LogP contribution in [-0.2, 0) is 35.0 Å². The molecule has 1 fully saturated rings. The van der Waals surface area contributed by atoms with Crippen LogP contribution >= 0.6 is 11.6 Å².